The zero-order valence-corrected chi connectivity index (χ0v) is 11.2. The normalized spacial score (nSPS) is 17.8. The van der Waals surface area contributed by atoms with Crippen molar-refractivity contribution in [2.45, 2.75) is 18.9 Å². The minimum absolute atomic E-state index is 0.537. The van der Waals surface area contributed by atoms with E-state index in [9.17, 15) is 0 Å². The molecule has 0 radical (unpaired) electrons. The number of nitrogens with zero attached hydrogens (tertiary/aromatic N) is 4. The van der Waals surface area contributed by atoms with Crippen LogP contribution in [0.2, 0.25) is 0 Å². The summed E-state index contributed by atoms with van der Waals surface area (Å²) in [7, 11) is 1.98. The second-order valence-corrected chi connectivity index (χ2v) is 5.07. The maximum absolute atomic E-state index is 5.73. The Morgan fingerprint density at radius 1 is 1.37 bits per heavy atom. The van der Waals surface area contributed by atoms with Gasteiger partial charge in [-0.05, 0) is 24.6 Å². The molecule has 5 nitrogen and oxygen atoms in total. The fourth-order valence-electron chi connectivity index (χ4n) is 2.80. The van der Waals surface area contributed by atoms with Crippen LogP contribution in [-0.2, 0) is 13.6 Å². The van der Waals surface area contributed by atoms with Crippen molar-refractivity contribution in [2.24, 2.45) is 12.8 Å². The number of benzene rings is 1. The first-order valence-electron chi connectivity index (χ1n) is 6.66. The number of aromatic nitrogens is 3. The maximum Gasteiger partial charge on any atom is 0.152 e. The summed E-state index contributed by atoms with van der Waals surface area (Å²) < 4.78 is 1.97. The molecule has 1 unspecified atom stereocenters. The van der Waals surface area contributed by atoms with E-state index in [-0.39, 0.29) is 0 Å². The molecule has 0 saturated carbocycles. The first kappa shape index (κ1) is 12.2. The van der Waals surface area contributed by atoms with Gasteiger partial charge in [0.2, 0.25) is 0 Å². The highest BCUT2D eigenvalue weighted by atomic mass is 15.3. The molecule has 2 aromatic rings. The Balaban J connectivity index is 1.86. The third kappa shape index (κ3) is 2.21. The molecule has 1 aliphatic heterocycles. The second kappa shape index (κ2) is 5.01. The van der Waals surface area contributed by atoms with Gasteiger partial charge in [0, 0.05) is 25.2 Å². The summed E-state index contributed by atoms with van der Waals surface area (Å²) >= 11 is 0. The molecule has 0 fully saturated rings. The Morgan fingerprint density at radius 3 is 2.95 bits per heavy atom. The number of rotatable bonds is 4. The molecule has 2 N–H and O–H groups in total. The molecule has 0 bridgehead atoms. The molecular formula is C14H19N5. The lowest BCUT2D eigenvalue weighted by Gasteiger charge is -2.19. The molecule has 2 heterocycles. The Kier molecular flexibility index (Phi) is 3.21. The Bertz CT molecular complexity index is 562. The minimum atomic E-state index is 0.537. The van der Waals surface area contributed by atoms with Crippen LogP contribution in [0.4, 0.5) is 5.69 Å². The van der Waals surface area contributed by atoms with Crippen molar-refractivity contribution in [1.82, 2.24) is 14.8 Å². The SMILES string of the molecule is Cn1cnnc1CN1CC(CCN)c2ccccc21. The van der Waals surface area contributed by atoms with Crippen molar-refractivity contribution in [3.05, 3.63) is 42.0 Å². The molecule has 19 heavy (non-hydrogen) atoms. The van der Waals surface area contributed by atoms with E-state index in [1.165, 1.54) is 11.3 Å². The summed E-state index contributed by atoms with van der Waals surface area (Å²) in [6, 6.07) is 8.59. The maximum atomic E-state index is 5.73. The van der Waals surface area contributed by atoms with E-state index in [0.29, 0.717) is 5.92 Å². The molecule has 1 atom stereocenters. The zero-order chi connectivity index (χ0) is 13.2. The number of hydrogen-bond acceptors (Lipinski definition) is 4. The molecular weight excluding hydrogens is 238 g/mol. The minimum Gasteiger partial charge on any atom is -0.363 e. The van der Waals surface area contributed by atoms with E-state index < -0.39 is 0 Å². The monoisotopic (exact) mass is 257 g/mol. The predicted molar refractivity (Wildman–Crippen MR) is 74.9 cm³/mol. The van der Waals surface area contributed by atoms with Gasteiger partial charge in [-0.2, -0.15) is 0 Å². The molecule has 0 saturated heterocycles. The van der Waals surface area contributed by atoms with E-state index in [1.54, 1.807) is 6.33 Å². The van der Waals surface area contributed by atoms with Crippen LogP contribution in [-0.4, -0.2) is 27.9 Å². The van der Waals surface area contributed by atoms with Crippen LogP contribution in [0.15, 0.2) is 30.6 Å². The number of hydrogen-bond donors (Lipinski definition) is 1. The molecule has 100 valence electrons. The van der Waals surface area contributed by atoms with E-state index in [4.69, 9.17) is 5.73 Å². The van der Waals surface area contributed by atoms with Crippen LogP contribution in [0.25, 0.3) is 0 Å². The molecule has 0 spiro atoms. The van der Waals surface area contributed by atoms with Gasteiger partial charge in [-0.15, -0.1) is 10.2 Å². The van der Waals surface area contributed by atoms with Gasteiger partial charge in [0.1, 0.15) is 6.33 Å². The summed E-state index contributed by atoms with van der Waals surface area (Å²) in [5.74, 6) is 1.53. The van der Waals surface area contributed by atoms with Crippen LogP contribution in [0.3, 0.4) is 0 Å². The van der Waals surface area contributed by atoms with Gasteiger partial charge >= 0.3 is 0 Å². The lowest BCUT2D eigenvalue weighted by molar-refractivity contribution is 0.631. The van der Waals surface area contributed by atoms with Crippen molar-refractivity contribution < 1.29 is 0 Å². The van der Waals surface area contributed by atoms with E-state index in [0.717, 1.165) is 31.9 Å². The molecule has 1 aromatic carbocycles. The largest absolute Gasteiger partial charge is 0.363 e. The molecule has 0 aliphatic carbocycles. The molecule has 5 heteroatoms. The third-order valence-corrected chi connectivity index (χ3v) is 3.81. The quantitative estimate of drug-likeness (QED) is 0.896. The Labute approximate surface area is 113 Å². The highest BCUT2D eigenvalue weighted by molar-refractivity contribution is 5.60. The Morgan fingerprint density at radius 2 is 2.21 bits per heavy atom. The Hall–Kier alpha value is -1.88. The van der Waals surface area contributed by atoms with Crippen molar-refractivity contribution in [1.29, 1.82) is 0 Å². The number of nitrogens with two attached hydrogens (primary N) is 1. The number of para-hydroxylation sites is 1. The molecule has 1 aromatic heterocycles. The standard InChI is InChI=1S/C14H19N5/c1-18-10-16-17-14(18)9-19-8-11(6-7-15)12-4-2-3-5-13(12)19/h2-5,10-11H,6-9,15H2,1H3. The van der Waals surface area contributed by atoms with Gasteiger partial charge in [0.15, 0.2) is 5.82 Å². The van der Waals surface area contributed by atoms with Crippen LogP contribution in [0.5, 0.6) is 0 Å². The molecule has 3 rings (SSSR count). The van der Waals surface area contributed by atoms with Gasteiger partial charge < -0.3 is 15.2 Å². The third-order valence-electron chi connectivity index (χ3n) is 3.81. The van der Waals surface area contributed by atoms with Crippen LogP contribution in [0, 0.1) is 0 Å². The molecule has 0 amide bonds. The lowest BCUT2D eigenvalue weighted by atomic mass is 9.98. The highest BCUT2D eigenvalue weighted by Crippen LogP contribution is 2.38. The fourth-order valence-corrected chi connectivity index (χ4v) is 2.80. The van der Waals surface area contributed by atoms with Crippen LogP contribution >= 0.6 is 0 Å². The zero-order valence-electron chi connectivity index (χ0n) is 11.2. The van der Waals surface area contributed by atoms with Crippen LogP contribution < -0.4 is 10.6 Å². The first-order valence-corrected chi connectivity index (χ1v) is 6.66. The lowest BCUT2D eigenvalue weighted by Crippen LogP contribution is -2.23. The average Bonchev–Trinajstić information content (AvgIpc) is 2.97. The van der Waals surface area contributed by atoms with Gasteiger partial charge in [-0.3, -0.25) is 0 Å². The summed E-state index contributed by atoms with van der Waals surface area (Å²) in [6.07, 6.45) is 2.78. The smallest absolute Gasteiger partial charge is 0.152 e. The van der Waals surface area contributed by atoms with Gasteiger partial charge in [0.05, 0.1) is 6.54 Å². The van der Waals surface area contributed by atoms with Gasteiger partial charge in [-0.1, -0.05) is 18.2 Å². The van der Waals surface area contributed by atoms with E-state index in [1.807, 2.05) is 11.6 Å². The summed E-state index contributed by atoms with van der Waals surface area (Å²) in [5, 5.41) is 8.11. The average molecular weight is 257 g/mol. The number of fused-ring (bicyclic) bond motifs is 1. The van der Waals surface area contributed by atoms with Gasteiger partial charge in [0.25, 0.3) is 0 Å². The summed E-state index contributed by atoms with van der Waals surface area (Å²) in [5.41, 5.74) is 8.45. The van der Waals surface area contributed by atoms with Gasteiger partial charge in [-0.25, -0.2) is 0 Å². The van der Waals surface area contributed by atoms with Crippen molar-refractivity contribution in [2.75, 3.05) is 18.0 Å². The number of aryl methyl sites for hydroxylation is 1. The topological polar surface area (TPSA) is 60.0 Å². The van der Waals surface area contributed by atoms with E-state index in [2.05, 4.69) is 39.4 Å². The summed E-state index contributed by atoms with van der Waals surface area (Å²) in [6.45, 7) is 2.55. The second-order valence-electron chi connectivity index (χ2n) is 5.07. The van der Waals surface area contributed by atoms with Crippen molar-refractivity contribution in [3.63, 3.8) is 0 Å². The number of anilines is 1. The van der Waals surface area contributed by atoms with Crippen LogP contribution in [0.1, 0.15) is 23.7 Å². The first-order chi connectivity index (χ1) is 9.29. The highest BCUT2D eigenvalue weighted by Gasteiger charge is 2.28. The fraction of sp³-hybridized carbons (Fsp3) is 0.429. The molecule has 1 aliphatic rings. The predicted octanol–water partition coefficient (Wildman–Crippen LogP) is 1.27. The summed E-state index contributed by atoms with van der Waals surface area (Å²) in [4.78, 5) is 2.37. The van der Waals surface area contributed by atoms with E-state index >= 15 is 0 Å². The van der Waals surface area contributed by atoms with Crippen molar-refractivity contribution >= 4 is 5.69 Å². The van der Waals surface area contributed by atoms with Crippen molar-refractivity contribution in [3.8, 4) is 0 Å².